The lowest BCUT2D eigenvalue weighted by Crippen LogP contribution is -2.20. The third-order valence-corrected chi connectivity index (χ3v) is 3.47. The van der Waals surface area contributed by atoms with Crippen molar-refractivity contribution in [1.82, 2.24) is 9.78 Å². The Morgan fingerprint density at radius 2 is 2.06 bits per heavy atom. The molecule has 1 atom stereocenters. The molecule has 0 aliphatic heterocycles. The molecule has 6 heteroatoms. The predicted molar refractivity (Wildman–Crippen MR) is 68.0 cm³/mol. The molecule has 0 saturated carbocycles. The average Bonchev–Trinajstić information content (AvgIpc) is 2.64. The van der Waals surface area contributed by atoms with E-state index < -0.39 is 17.7 Å². The Kier molecular flexibility index (Phi) is 3.49. The summed E-state index contributed by atoms with van der Waals surface area (Å²) < 4.78 is 29.9. The largest absolute Gasteiger partial charge is 0.319 e. The van der Waals surface area contributed by atoms with Crippen LogP contribution in [-0.4, -0.2) is 9.78 Å². The lowest BCUT2D eigenvalue weighted by Gasteiger charge is -2.16. The van der Waals surface area contributed by atoms with Gasteiger partial charge in [0.15, 0.2) is 0 Å². The van der Waals surface area contributed by atoms with E-state index in [9.17, 15) is 8.78 Å². The fourth-order valence-corrected chi connectivity index (χ4v) is 2.47. The van der Waals surface area contributed by atoms with Crippen LogP contribution in [0.5, 0.6) is 0 Å². The second kappa shape index (κ2) is 4.78. The number of nitrogens with two attached hydrogens (primary N) is 1. The molecule has 1 aromatic heterocycles. The van der Waals surface area contributed by atoms with E-state index in [1.165, 1.54) is 16.8 Å². The molecule has 0 aliphatic carbocycles. The van der Waals surface area contributed by atoms with E-state index in [4.69, 9.17) is 5.73 Å². The van der Waals surface area contributed by atoms with Crippen molar-refractivity contribution in [3.05, 3.63) is 51.3 Å². The van der Waals surface area contributed by atoms with Gasteiger partial charge in [-0.2, -0.15) is 5.10 Å². The Balaban J connectivity index is 2.60. The molecule has 1 heterocycles. The fraction of sp³-hybridized carbons (Fsp3) is 0.250. The summed E-state index contributed by atoms with van der Waals surface area (Å²) in [6.45, 7) is 1.57. The summed E-state index contributed by atoms with van der Waals surface area (Å²) in [4.78, 5) is 0. The molecule has 18 heavy (non-hydrogen) atoms. The van der Waals surface area contributed by atoms with Crippen molar-refractivity contribution < 1.29 is 8.78 Å². The van der Waals surface area contributed by atoms with Gasteiger partial charge < -0.3 is 5.73 Å². The van der Waals surface area contributed by atoms with E-state index in [1.54, 1.807) is 20.2 Å². The maximum absolute atomic E-state index is 14.0. The first-order valence-corrected chi connectivity index (χ1v) is 6.10. The van der Waals surface area contributed by atoms with Gasteiger partial charge in [0.2, 0.25) is 0 Å². The number of aromatic nitrogens is 2. The molecular formula is C12H12BrF2N3. The smallest absolute Gasteiger partial charge is 0.134 e. The van der Waals surface area contributed by atoms with Crippen LogP contribution in [0.1, 0.15) is 22.9 Å². The number of aryl methyl sites for hydroxylation is 2. The lowest BCUT2D eigenvalue weighted by molar-refractivity contribution is 0.528. The van der Waals surface area contributed by atoms with E-state index in [0.717, 1.165) is 0 Å². The highest BCUT2D eigenvalue weighted by Crippen LogP contribution is 2.30. The minimum atomic E-state index is -0.910. The summed E-state index contributed by atoms with van der Waals surface area (Å²) in [5.41, 5.74) is 6.71. The minimum absolute atomic E-state index is 0.140. The van der Waals surface area contributed by atoms with Crippen molar-refractivity contribution in [2.24, 2.45) is 12.8 Å². The molecule has 0 radical (unpaired) electrons. The molecule has 0 amide bonds. The maximum Gasteiger partial charge on any atom is 0.134 e. The van der Waals surface area contributed by atoms with Gasteiger partial charge in [0.05, 0.1) is 22.4 Å². The first-order valence-electron chi connectivity index (χ1n) is 5.31. The Labute approximate surface area is 112 Å². The second-order valence-electron chi connectivity index (χ2n) is 4.07. The molecule has 0 saturated heterocycles. The van der Waals surface area contributed by atoms with E-state index >= 15 is 0 Å². The highest BCUT2D eigenvalue weighted by Gasteiger charge is 2.24. The van der Waals surface area contributed by atoms with Gasteiger partial charge in [-0.05, 0) is 34.5 Å². The summed E-state index contributed by atoms with van der Waals surface area (Å²) in [5, 5.41) is 3.99. The van der Waals surface area contributed by atoms with Crippen molar-refractivity contribution in [2.75, 3.05) is 0 Å². The van der Waals surface area contributed by atoms with Gasteiger partial charge in [0.1, 0.15) is 11.6 Å². The summed E-state index contributed by atoms with van der Waals surface area (Å²) >= 11 is 3.27. The van der Waals surface area contributed by atoms with Crippen LogP contribution in [0.4, 0.5) is 8.78 Å². The number of halogens is 3. The molecule has 0 fully saturated rings. The van der Waals surface area contributed by atoms with Gasteiger partial charge in [0, 0.05) is 12.6 Å². The summed E-state index contributed by atoms with van der Waals surface area (Å²) in [6, 6.07) is 1.70. The van der Waals surface area contributed by atoms with Gasteiger partial charge in [0.25, 0.3) is 0 Å². The van der Waals surface area contributed by atoms with Crippen LogP contribution in [0.25, 0.3) is 0 Å². The zero-order valence-electron chi connectivity index (χ0n) is 9.92. The van der Waals surface area contributed by atoms with Crippen molar-refractivity contribution >= 4 is 15.9 Å². The lowest BCUT2D eigenvalue weighted by atomic mass is 10.0. The second-order valence-corrected chi connectivity index (χ2v) is 4.93. The topological polar surface area (TPSA) is 43.8 Å². The molecule has 0 spiro atoms. The van der Waals surface area contributed by atoms with Gasteiger partial charge in [-0.25, -0.2) is 8.78 Å². The van der Waals surface area contributed by atoms with Gasteiger partial charge in [-0.15, -0.1) is 0 Å². The third-order valence-electron chi connectivity index (χ3n) is 2.86. The van der Waals surface area contributed by atoms with Crippen LogP contribution >= 0.6 is 15.9 Å². The third kappa shape index (κ3) is 2.06. The zero-order chi connectivity index (χ0) is 13.4. The Morgan fingerprint density at radius 3 is 2.61 bits per heavy atom. The molecule has 0 bridgehead atoms. The van der Waals surface area contributed by atoms with Crippen LogP contribution in [0.15, 0.2) is 22.8 Å². The highest BCUT2D eigenvalue weighted by atomic mass is 79.9. The molecular weight excluding hydrogens is 304 g/mol. The molecule has 0 aliphatic rings. The van der Waals surface area contributed by atoms with Crippen molar-refractivity contribution in [2.45, 2.75) is 13.0 Å². The van der Waals surface area contributed by atoms with Crippen molar-refractivity contribution in [1.29, 1.82) is 0 Å². The Bertz CT molecular complexity index is 576. The fourth-order valence-electron chi connectivity index (χ4n) is 1.87. The number of nitrogens with zero attached hydrogens (tertiary/aromatic N) is 2. The van der Waals surface area contributed by atoms with Gasteiger partial charge >= 0.3 is 0 Å². The molecule has 96 valence electrons. The number of rotatable bonds is 2. The Morgan fingerprint density at radius 1 is 1.39 bits per heavy atom. The summed E-state index contributed by atoms with van der Waals surface area (Å²) in [7, 11) is 1.67. The average molecular weight is 316 g/mol. The van der Waals surface area contributed by atoms with E-state index in [2.05, 4.69) is 21.0 Å². The van der Waals surface area contributed by atoms with E-state index in [1.807, 2.05) is 0 Å². The highest BCUT2D eigenvalue weighted by molar-refractivity contribution is 9.10. The van der Waals surface area contributed by atoms with Gasteiger partial charge in [-0.3, -0.25) is 4.68 Å². The predicted octanol–water partition coefficient (Wildman–Crippen LogP) is 2.82. The van der Waals surface area contributed by atoms with Crippen LogP contribution in [0.3, 0.4) is 0 Å². The summed E-state index contributed by atoms with van der Waals surface area (Å²) in [6.07, 6.45) is 1.54. The molecule has 2 N–H and O–H groups in total. The van der Waals surface area contributed by atoms with Crippen LogP contribution in [-0.2, 0) is 7.05 Å². The normalized spacial score (nSPS) is 12.8. The van der Waals surface area contributed by atoms with E-state index in [-0.39, 0.29) is 5.56 Å². The molecule has 3 nitrogen and oxygen atoms in total. The maximum atomic E-state index is 14.0. The van der Waals surface area contributed by atoms with Crippen LogP contribution < -0.4 is 5.73 Å². The first kappa shape index (κ1) is 13.2. The monoisotopic (exact) mass is 315 g/mol. The number of hydrogen-bond acceptors (Lipinski definition) is 2. The molecule has 1 aromatic carbocycles. The first-order chi connectivity index (χ1) is 8.43. The zero-order valence-corrected chi connectivity index (χ0v) is 11.5. The van der Waals surface area contributed by atoms with E-state index in [0.29, 0.717) is 15.7 Å². The standard InChI is InChI=1S/C12H12BrF2N3/c1-6-3-4-8(14)9(10(6)15)11(16)12-7(13)5-17-18(12)2/h3-5,11H,16H2,1-2H3. The van der Waals surface area contributed by atoms with Crippen LogP contribution in [0.2, 0.25) is 0 Å². The molecule has 2 aromatic rings. The molecule has 1 unspecified atom stereocenters. The Hall–Kier alpha value is -1.27. The SMILES string of the molecule is Cc1ccc(F)c(C(N)c2c(Br)cnn2C)c1F. The van der Waals surface area contributed by atoms with Crippen LogP contribution in [0, 0.1) is 18.6 Å². The number of benzene rings is 1. The van der Waals surface area contributed by atoms with Gasteiger partial charge in [-0.1, -0.05) is 6.07 Å². The summed E-state index contributed by atoms with van der Waals surface area (Å²) in [5.74, 6) is -1.27. The van der Waals surface area contributed by atoms with Crippen molar-refractivity contribution in [3.63, 3.8) is 0 Å². The molecule has 2 rings (SSSR count). The quantitative estimate of drug-likeness (QED) is 0.926. The van der Waals surface area contributed by atoms with Crippen molar-refractivity contribution in [3.8, 4) is 0 Å². The number of hydrogen-bond donors (Lipinski definition) is 1. The minimum Gasteiger partial charge on any atom is -0.319 e.